The summed E-state index contributed by atoms with van der Waals surface area (Å²) >= 11 is 0. The van der Waals surface area contributed by atoms with Crippen LogP contribution in [0, 0.1) is 0 Å². The average molecular weight is 347 g/mol. The van der Waals surface area contributed by atoms with Crippen molar-refractivity contribution in [3.8, 4) is 0 Å². The largest absolute Gasteiger partial charge is 0.390 e. The highest BCUT2D eigenvalue weighted by molar-refractivity contribution is 5.74. The third kappa shape index (κ3) is 3.72. The van der Waals surface area contributed by atoms with Gasteiger partial charge in [0.25, 0.3) is 0 Å². The standard InChI is InChI=1S/C21H25N5/c22-13-24-14-23-9-10-25-21-12-20-17(11-18(21)15-5-6-15)8-7-16-3-1-2-4-19(16)26-20/h1-4,11-15,25-26H,5-10H2,(H2,22,23,24). The Morgan fingerprint density at radius 3 is 2.81 bits per heavy atom. The predicted molar refractivity (Wildman–Crippen MR) is 110 cm³/mol. The topological polar surface area (TPSA) is 74.8 Å². The summed E-state index contributed by atoms with van der Waals surface area (Å²) in [6.07, 6.45) is 7.51. The zero-order valence-electron chi connectivity index (χ0n) is 14.9. The molecule has 0 unspecified atom stereocenters. The van der Waals surface area contributed by atoms with Crippen molar-refractivity contribution in [3.05, 3.63) is 53.1 Å². The minimum absolute atomic E-state index is 0.675. The molecule has 1 heterocycles. The number of benzene rings is 2. The summed E-state index contributed by atoms with van der Waals surface area (Å²) in [5, 5.41) is 7.21. The number of rotatable bonds is 6. The third-order valence-corrected chi connectivity index (χ3v) is 5.03. The zero-order valence-corrected chi connectivity index (χ0v) is 14.9. The molecule has 0 amide bonds. The van der Waals surface area contributed by atoms with Crippen molar-refractivity contribution in [3.63, 3.8) is 0 Å². The van der Waals surface area contributed by atoms with Gasteiger partial charge in [-0.05, 0) is 60.4 Å². The van der Waals surface area contributed by atoms with Crippen molar-refractivity contribution in [1.29, 1.82) is 0 Å². The molecule has 1 aliphatic carbocycles. The maximum atomic E-state index is 5.20. The highest BCUT2D eigenvalue weighted by atomic mass is 14.9. The first-order chi connectivity index (χ1) is 12.8. The molecule has 26 heavy (non-hydrogen) atoms. The average Bonchev–Trinajstić information content (AvgIpc) is 3.50. The lowest BCUT2D eigenvalue weighted by Gasteiger charge is -2.17. The molecule has 0 radical (unpaired) electrons. The van der Waals surface area contributed by atoms with Crippen molar-refractivity contribution < 1.29 is 0 Å². The normalized spacial score (nSPS) is 16.2. The van der Waals surface area contributed by atoms with Gasteiger partial charge in [-0.1, -0.05) is 24.3 Å². The number of aryl methyl sites for hydroxylation is 2. The minimum atomic E-state index is 0.675. The van der Waals surface area contributed by atoms with Gasteiger partial charge in [0, 0.05) is 23.6 Å². The first-order valence-corrected chi connectivity index (χ1v) is 9.32. The molecule has 1 fully saturated rings. The Morgan fingerprint density at radius 2 is 1.96 bits per heavy atom. The van der Waals surface area contributed by atoms with Gasteiger partial charge in [-0.2, -0.15) is 0 Å². The fraction of sp³-hybridized carbons (Fsp3) is 0.333. The van der Waals surface area contributed by atoms with Gasteiger partial charge in [0.15, 0.2) is 0 Å². The van der Waals surface area contributed by atoms with E-state index >= 15 is 0 Å². The molecule has 0 bridgehead atoms. The Kier molecular flexibility index (Phi) is 4.86. The van der Waals surface area contributed by atoms with Crippen molar-refractivity contribution in [2.24, 2.45) is 15.7 Å². The summed E-state index contributed by atoms with van der Waals surface area (Å²) in [6.45, 7) is 1.46. The van der Waals surface area contributed by atoms with Gasteiger partial charge in [-0.15, -0.1) is 0 Å². The van der Waals surface area contributed by atoms with Gasteiger partial charge in [0.05, 0.1) is 12.9 Å². The summed E-state index contributed by atoms with van der Waals surface area (Å²) in [7, 11) is 0. The second-order valence-corrected chi connectivity index (χ2v) is 6.90. The van der Waals surface area contributed by atoms with Crippen LogP contribution >= 0.6 is 0 Å². The van der Waals surface area contributed by atoms with Crippen LogP contribution in [-0.2, 0) is 12.8 Å². The number of nitrogens with one attached hydrogen (secondary N) is 2. The van der Waals surface area contributed by atoms with Crippen LogP contribution in [0.25, 0.3) is 0 Å². The molecular weight excluding hydrogens is 322 g/mol. The molecule has 1 saturated carbocycles. The van der Waals surface area contributed by atoms with E-state index in [2.05, 4.69) is 57.0 Å². The second-order valence-electron chi connectivity index (χ2n) is 6.90. The molecule has 0 saturated heterocycles. The van der Waals surface area contributed by atoms with Crippen molar-refractivity contribution in [1.82, 2.24) is 0 Å². The molecular formula is C21H25N5. The fourth-order valence-corrected chi connectivity index (χ4v) is 3.55. The molecule has 1 aliphatic heterocycles. The summed E-state index contributed by atoms with van der Waals surface area (Å²) < 4.78 is 0. The van der Waals surface area contributed by atoms with Crippen LogP contribution in [0.3, 0.4) is 0 Å². The number of para-hydroxylation sites is 1. The smallest absolute Gasteiger partial charge is 0.111 e. The van der Waals surface area contributed by atoms with Gasteiger partial charge in [0.1, 0.15) is 6.34 Å². The van der Waals surface area contributed by atoms with Crippen molar-refractivity contribution >= 4 is 29.7 Å². The van der Waals surface area contributed by atoms with Crippen LogP contribution in [0.4, 0.5) is 17.1 Å². The maximum Gasteiger partial charge on any atom is 0.111 e. The van der Waals surface area contributed by atoms with Crippen LogP contribution in [0.2, 0.25) is 0 Å². The van der Waals surface area contributed by atoms with E-state index in [1.807, 2.05) is 0 Å². The number of nitrogens with two attached hydrogens (primary N) is 1. The van der Waals surface area contributed by atoms with E-state index in [1.165, 1.54) is 59.3 Å². The van der Waals surface area contributed by atoms with Crippen molar-refractivity contribution in [2.75, 3.05) is 23.7 Å². The second kappa shape index (κ2) is 7.60. The first-order valence-electron chi connectivity index (χ1n) is 9.32. The minimum Gasteiger partial charge on any atom is -0.390 e. The molecule has 4 rings (SSSR count). The number of hydrogen-bond donors (Lipinski definition) is 3. The van der Waals surface area contributed by atoms with E-state index in [4.69, 9.17) is 5.73 Å². The summed E-state index contributed by atoms with van der Waals surface area (Å²) in [5.74, 6) is 0.707. The highest BCUT2D eigenvalue weighted by Crippen LogP contribution is 2.46. The molecule has 5 heteroatoms. The van der Waals surface area contributed by atoms with Crippen LogP contribution in [0.1, 0.15) is 35.4 Å². The number of nitrogens with zero attached hydrogens (tertiary/aromatic N) is 2. The van der Waals surface area contributed by atoms with Gasteiger partial charge < -0.3 is 16.4 Å². The number of anilines is 3. The monoisotopic (exact) mass is 347 g/mol. The number of aliphatic imine (C=N–C) groups is 2. The number of hydrogen-bond acceptors (Lipinski definition) is 3. The zero-order chi connectivity index (χ0) is 17.8. The number of fused-ring (bicyclic) bond motifs is 2. The van der Waals surface area contributed by atoms with Gasteiger partial charge >= 0.3 is 0 Å². The van der Waals surface area contributed by atoms with Gasteiger partial charge in [-0.3, -0.25) is 4.99 Å². The van der Waals surface area contributed by atoms with E-state index in [0.29, 0.717) is 12.5 Å². The SMILES string of the molecule is NC=NC=NCCNc1cc2c(cc1C1CC1)CCc1ccccc1N2. The van der Waals surface area contributed by atoms with Crippen LogP contribution in [-0.4, -0.2) is 25.8 Å². The molecule has 0 spiro atoms. The van der Waals surface area contributed by atoms with E-state index < -0.39 is 0 Å². The van der Waals surface area contributed by atoms with E-state index in [9.17, 15) is 0 Å². The molecule has 2 aromatic rings. The van der Waals surface area contributed by atoms with Gasteiger partial charge in [-0.25, -0.2) is 4.99 Å². The van der Waals surface area contributed by atoms with Crippen molar-refractivity contribution in [2.45, 2.75) is 31.6 Å². The van der Waals surface area contributed by atoms with Crippen LogP contribution < -0.4 is 16.4 Å². The van der Waals surface area contributed by atoms with Crippen LogP contribution in [0.5, 0.6) is 0 Å². The summed E-state index contributed by atoms with van der Waals surface area (Å²) in [6, 6.07) is 13.3. The third-order valence-electron chi connectivity index (χ3n) is 5.03. The fourth-order valence-electron chi connectivity index (χ4n) is 3.55. The van der Waals surface area contributed by atoms with Gasteiger partial charge in [0.2, 0.25) is 0 Å². The Labute approximate surface area is 154 Å². The van der Waals surface area contributed by atoms with Crippen LogP contribution in [0.15, 0.2) is 46.4 Å². The quantitative estimate of drug-likeness (QED) is 0.422. The lowest BCUT2D eigenvalue weighted by Crippen LogP contribution is -2.08. The molecule has 5 nitrogen and oxygen atoms in total. The summed E-state index contributed by atoms with van der Waals surface area (Å²) in [5.41, 5.74) is 13.1. The van der Waals surface area contributed by atoms with E-state index in [0.717, 1.165) is 19.4 Å². The Bertz CT molecular complexity index is 836. The Balaban J connectivity index is 1.55. The Hall–Kier alpha value is -2.82. The lowest BCUT2D eigenvalue weighted by molar-refractivity contribution is 0.966. The maximum absolute atomic E-state index is 5.20. The summed E-state index contributed by atoms with van der Waals surface area (Å²) in [4.78, 5) is 8.00. The molecule has 4 N–H and O–H groups in total. The van der Waals surface area contributed by atoms with E-state index in [1.54, 1.807) is 0 Å². The highest BCUT2D eigenvalue weighted by Gasteiger charge is 2.27. The molecule has 0 atom stereocenters. The molecule has 0 aromatic heterocycles. The Morgan fingerprint density at radius 1 is 1.12 bits per heavy atom. The lowest BCUT2D eigenvalue weighted by atomic mass is 9.99. The first kappa shape index (κ1) is 16.6. The molecule has 2 aliphatic rings. The van der Waals surface area contributed by atoms with E-state index in [-0.39, 0.29) is 0 Å². The predicted octanol–water partition coefficient (Wildman–Crippen LogP) is 3.83. The molecule has 134 valence electrons. The molecule has 2 aromatic carbocycles.